The normalized spacial score (nSPS) is 11.7. The average molecular weight is 201 g/mol. The van der Waals surface area contributed by atoms with Gasteiger partial charge in [-0.3, -0.25) is 0 Å². The van der Waals surface area contributed by atoms with Gasteiger partial charge in [-0.25, -0.2) is 4.68 Å². The lowest BCUT2D eigenvalue weighted by atomic mass is 9.95. The summed E-state index contributed by atoms with van der Waals surface area (Å²) in [6.45, 7) is 3.99. The zero-order chi connectivity index (χ0) is 10.9. The van der Waals surface area contributed by atoms with Crippen molar-refractivity contribution in [3.8, 4) is 5.69 Å². The van der Waals surface area contributed by atoms with E-state index in [2.05, 4.69) is 11.2 Å². The number of aromatic nitrogens is 2. The van der Waals surface area contributed by atoms with E-state index in [9.17, 15) is 0 Å². The van der Waals surface area contributed by atoms with E-state index in [1.165, 1.54) is 0 Å². The first kappa shape index (κ1) is 9.93. The van der Waals surface area contributed by atoms with Crippen molar-refractivity contribution in [2.45, 2.75) is 19.4 Å². The molecular formula is C12H15N3. The average Bonchev–Trinajstić information content (AvgIpc) is 2.69. The highest BCUT2D eigenvalue weighted by Crippen LogP contribution is 2.19. The predicted molar refractivity (Wildman–Crippen MR) is 60.8 cm³/mol. The smallest absolute Gasteiger partial charge is 0.0648 e. The van der Waals surface area contributed by atoms with E-state index in [0.717, 1.165) is 11.3 Å². The minimum absolute atomic E-state index is 0.316. The first-order chi connectivity index (χ1) is 7.07. The van der Waals surface area contributed by atoms with Gasteiger partial charge in [0.2, 0.25) is 0 Å². The predicted octanol–water partition coefficient (Wildman–Crippen LogP) is 2.07. The molecule has 2 N–H and O–H groups in total. The van der Waals surface area contributed by atoms with Gasteiger partial charge in [-0.05, 0) is 37.6 Å². The van der Waals surface area contributed by atoms with Crippen LogP contribution in [0.25, 0.3) is 5.69 Å². The highest BCUT2D eigenvalue weighted by Gasteiger charge is 2.14. The van der Waals surface area contributed by atoms with Crippen LogP contribution < -0.4 is 5.73 Å². The Morgan fingerprint density at radius 2 is 2.07 bits per heavy atom. The van der Waals surface area contributed by atoms with E-state index in [1.54, 1.807) is 6.20 Å². The molecule has 15 heavy (non-hydrogen) atoms. The van der Waals surface area contributed by atoms with Gasteiger partial charge in [-0.2, -0.15) is 5.10 Å². The topological polar surface area (TPSA) is 43.8 Å². The molecule has 0 spiro atoms. The van der Waals surface area contributed by atoms with Crippen LogP contribution in [0, 0.1) is 0 Å². The second-order valence-corrected chi connectivity index (χ2v) is 4.22. The number of rotatable bonds is 2. The maximum atomic E-state index is 6.05. The van der Waals surface area contributed by atoms with Crippen LogP contribution in [0.2, 0.25) is 0 Å². The summed E-state index contributed by atoms with van der Waals surface area (Å²) in [5.41, 5.74) is 7.88. The first-order valence-corrected chi connectivity index (χ1v) is 4.97. The van der Waals surface area contributed by atoms with Gasteiger partial charge >= 0.3 is 0 Å². The monoisotopic (exact) mass is 201 g/mol. The van der Waals surface area contributed by atoms with Crippen LogP contribution in [0.15, 0.2) is 42.7 Å². The van der Waals surface area contributed by atoms with Crippen LogP contribution in [0.1, 0.15) is 19.4 Å². The van der Waals surface area contributed by atoms with E-state index < -0.39 is 0 Å². The molecule has 3 heteroatoms. The third-order valence-corrected chi connectivity index (χ3v) is 2.36. The zero-order valence-electron chi connectivity index (χ0n) is 9.01. The standard InChI is InChI=1S/C12H15N3/c1-12(2,13)10-5-3-6-11(9-10)15-8-4-7-14-15/h3-9H,13H2,1-2H3. The second-order valence-electron chi connectivity index (χ2n) is 4.22. The summed E-state index contributed by atoms with van der Waals surface area (Å²) in [4.78, 5) is 0. The van der Waals surface area contributed by atoms with E-state index >= 15 is 0 Å². The highest BCUT2D eigenvalue weighted by atomic mass is 15.3. The van der Waals surface area contributed by atoms with Gasteiger partial charge in [0.1, 0.15) is 0 Å². The number of nitrogens with two attached hydrogens (primary N) is 1. The lowest BCUT2D eigenvalue weighted by Gasteiger charge is -2.19. The second kappa shape index (κ2) is 3.51. The van der Waals surface area contributed by atoms with Gasteiger partial charge in [0.25, 0.3) is 0 Å². The van der Waals surface area contributed by atoms with Crippen molar-refractivity contribution in [3.63, 3.8) is 0 Å². The molecule has 0 amide bonds. The Bertz CT molecular complexity index is 438. The molecule has 0 aliphatic heterocycles. The molecule has 0 fully saturated rings. The van der Waals surface area contributed by atoms with Crippen molar-refractivity contribution in [1.82, 2.24) is 9.78 Å². The summed E-state index contributed by atoms with van der Waals surface area (Å²) in [7, 11) is 0. The number of hydrogen-bond donors (Lipinski definition) is 1. The van der Waals surface area contributed by atoms with Crippen LogP contribution in [0.4, 0.5) is 0 Å². The summed E-state index contributed by atoms with van der Waals surface area (Å²) < 4.78 is 1.83. The fourth-order valence-electron chi connectivity index (χ4n) is 1.47. The molecule has 0 aliphatic carbocycles. The summed E-state index contributed by atoms with van der Waals surface area (Å²) in [5, 5.41) is 4.19. The highest BCUT2D eigenvalue weighted by molar-refractivity contribution is 5.37. The van der Waals surface area contributed by atoms with Crippen LogP contribution in [0.3, 0.4) is 0 Å². The van der Waals surface area contributed by atoms with Crippen molar-refractivity contribution in [1.29, 1.82) is 0 Å². The maximum Gasteiger partial charge on any atom is 0.0648 e. The molecule has 0 radical (unpaired) electrons. The van der Waals surface area contributed by atoms with E-state index in [-0.39, 0.29) is 5.54 Å². The fourth-order valence-corrected chi connectivity index (χ4v) is 1.47. The molecule has 0 unspecified atom stereocenters. The Morgan fingerprint density at radius 1 is 1.27 bits per heavy atom. The molecule has 0 atom stereocenters. The van der Waals surface area contributed by atoms with Crippen LogP contribution in [0.5, 0.6) is 0 Å². The largest absolute Gasteiger partial charge is 0.322 e. The van der Waals surface area contributed by atoms with Gasteiger partial charge in [0, 0.05) is 17.9 Å². The lowest BCUT2D eigenvalue weighted by Crippen LogP contribution is -2.28. The molecule has 0 bridgehead atoms. The van der Waals surface area contributed by atoms with Crippen molar-refractivity contribution in [3.05, 3.63) is 48.3 Å². The molecule has 3 nitrogen and oxygen atoms in total. The van der Waals surface area contributed by atoms with Gasteiger partial charge < -0.3 is 5.73 Å². The van der Waals surface area contributed by atoms with E-state index in [4.69, 9.17) is 5.73 Å². The Balaban J connectivity index is 2.44. The molecule has 1 aromatic heterocycles. The Kier molecular flexibility index (Phi) is 2.32. The van der Waals surface area contributed by atoms with E-state index in [0.29, 0.717) is 0 Å². The summed E-state index contributed by atoms with van der Waals surface area (Å²) in [6.07, 6.45) is 3.68. The molecule has 2 aromatic rings. The minimum atomic E-state index is -0.316. The first-order valence-electron chi connectivity index (χ1n) is 4.97. The molecule has 1 heterocycles. The summed E-state index contributed by atoms with van der Waals surface area (Å²) in [5.74, 6) is 0. The third kappa shape index (κ3) is 2.07. The minimum Gasteiger partial charge on any atom is -0.322 e. The van der Waals surface area contributed by atoms with Crippen molar-refractivity contribution in [2.75, 3.05) is 0 Å². The Hall–Kier alpha value is -1.61. The van der Waals surface area contributed by atoms with Gasteiger partial charge in [0.05, 0.1) is 5.69 Å². The van der Waals surface area contributed by atoms with Gasteiger partial charge in [-0.1, -0.05) is 12.1 Å². The van der Waals surface area contributed by atoms with E-state index in [1.807, 2.05) is 49.0 Å². The number of benzene rings is 1. The quantitative estimate of drug-likeness (QED) is 0.808. The van der Waals surface area contributed by atoms with Crippen LogP contribution in [-0.2, 0) is 5.54 Å². The molecule has 0 aliphatic rings. The van der Waals surface area contributed by atoms with Crippen molar-refractivity contribution in [2.24, 2.45) is 5.73 Å². The zero-order valence-corrected chi connectivity index (χ0v) is 9.01. The van der Waals surface area contributed by atoms with Crippen LogP contribution >= 0.6 is 0 Å². The summed E-state index contributed by atoms with van der Waals surface area (Å²) in [6, 6.07) is 10.0. The molecular weight excluding hydrogens is 186 g/mol. The Morgan fingerprint density at radius 3 is 2.67 bits per heavy atom. The Labute approximate surface area is 89.5 Å². The van der Waals surface area contributed by atoms with Gasteiger partial charge in [0.15, 0.2) is 0 Å². The van der Waals surface area contributed by atoms with Crippen molar-refractivity contribution < 1.29 is 0 Å². The fraction of sp³-hybridized carbons (Fsp3) is 0.250. The SMILES string of the molecule is CC(C)(N)c1cccc(-n2cccn2)c1. The number of nitrogens with zero attached hydrogens (tertiary/aromatic N) is 2. The molecule has 78 valence electrons. The van der Waals surface area contributed by atoms with Crippen molar-refractivity contribution >= 4 is 0 Å². The maximum absolute atomic E-state index is 6.05. The summed E-state index contributed by atoms with van der Waals surface area (Å²) >= 11 is 0. The number of hydrogen-bond acceptors (Lipinski definition) is 2. The van der Waals surface area contributed by atoms with Crippen LogP contribution in [-0.4, -0.2) is 9.78 Å². The van der Waals surface area contributed by atoms with Gasteiger partial charge in [-0.15, -0.1) is 0 Å². The molecule has 1 aromatic carbocycles. The lowest BCUT2D eigenvalue weighted by molar-refractivity contribution is 0.554. The third-order valence-electron chi connectivity index (χ3n) is 2.36. The molecule has 0 saturated heterocycles. The molecule has 0 saturated carbocycles. The molecule has 2 rings (SSSR count).